The Labute approximate surface area is 203 Å². The number of ether oxygens (including phenoxy) is 1. The van der Waals surface area contributed by atoms with Crippen molar-refractivity contribution in [3.8, 4) is 17.0 Å². The van der Waals surface area contributed by atoms with Gasteiger partial charge in [-0.15, -0.1) is 11.3 Å². The summed E-state index contributed by atoms with van der Waals surface area (Å²) < 4.78 is 34.6. The zero-order chi connectivity index (χ0) is 24.4. The number of nitrogens with zero attached hydrogens (tertiary/aromatic N) is 3. The number of thiazole rings is 1. The Hall–Kier alpha value is -3.08. The quantitative estimate of drug-likeness (QED) is 0.550. The van der Waals surface area contributed by atoms with E-state index >= 15 is 0 Å². The number of aromatic nitrogens is 1. The van der Waals surface area contributed by atoms with Crippen molar-refractivity contribution in [2.45, 2.75) is 6.10 Å². The molecule has 2 N–H and O–H groups in total. The maximum atomic E-state index is 14.9. The molecule has 11 heteroatoms. The lowest BCUT2D eigenvalue weighted by Crippen LogP contribution is -2.49. The van der Waals surface area contributed by atoms with Crippen LogP contribution in [0.15, 0.2) is 41.8 Å². The lowest BCUT2D eigenvalue weighted by atomic mass is 10.1. The van der Waals surface area contributed by atoms with Crippen LogP contribution in [0.1, 0.15) is 21.5 Å². The Morgan fingerprint density at radius 2 is 1.79 bits per heavy atom. The number of nitrogens with two attached hydrogens (primary N) is 1. The van der Waals surface area contributed by atoms with Crippen molar-refractivity contribution in [3.05, 3.63) is 69.0 Å². The van der Waals surface area contributed by atoms with Gasteiger partial charge in [0.1, 0.15) is 16.4 Å². The fourth-order valence-corrected chi connectivity index (χ4v) is 4.51. The fourth-order valence-electron chi connectivity index (χ4n) is 3.54. The van der Waals surface area contributed by atoms with Gasteiger partial charge in [0.15, 0.2) is 11.6 Å². The Bertz CT molecular complexity index is 1210. The van der Waals surface area contributed by atoms with Crippen LogP contribution in [0.5, 0.6) is 5.75 Å². The second kappa shape index (κ2) is 10.0. The Morgan fingerprint density at radius 3 is 2.44 bits per heavy atom. The Balaban J connectivity index is 1.70. The molecule has 0 aliphatic carbocycles. The number of likely N-dealkylation sites (N-methyl/N-ethyl adjacent to an activating group) is 1. The molecule has 3 aromatic rings. The van der Waals surface area contributed by atoms with E-state index in [1.54, 1.807) is 34.5 Å². The number of hydrogen-bond donors (Lipinski definition) is 1. The van der Waals surface area contributed by atoms with Gasteiger partial charge in [-0.1, -0.05) is 23.7 Å². The van der Waals surface area contributed by atoms with Gasteiger partial charge in [0, 0.05) is 42.1 Å². The van der Waals surface area contributed by atoms with Crippen LogP contribution in [0.25, 0.3) is 11.3 Å². The van der Waals surface area contributed by atoms with E-state index in [0.29, 0.717) is 41.9 Å². The minimum atomic E-state index is -1.30. The average molecular weight is 507 g/mol. The molecule has 1 unspecified atom stereocenters. The van der Waals surface area contributed by atoms with Crippen LogP contribution in [0, 0.1) is 11.6 Å². The van der Waals surface area contributed by atoms with Gasteiger partial charge in [-0.25, -0.2) is 13.8 Å². The summed E-state index contributed by atoms with van der Waals surface area (Å²) in [6.07, 6.45) is -1.30. The molecular formula is C23H21ClF2N4O3S. The standard InChI is InChI=1S/C23H21ClF2N4O3S/c1-29-8-10-30(11-9-29)23(32)20(33-17-7-6-15(25)18(19(17)26)21(27)31)22-28-16(12-34-22)13-2-4-14(24)5-3-13/h2-7,12,20H,8-11H2,1H3,(H2,27,31). The first kappa shape index (κ1) is 24.1. The van der Waals surface area contributed by atoms with Crippen molar-refractivity contribution in [1.82, 2.24) is 14.8 Å². The van der Waals surface area contributed by atoms with Crippen molar-refractivity contribution in [2.24, 2.45) is 5.73 Å². The first-order valence-electron chi connectivity index (χ1n) is 10.4. The van der Waals surface area contributed by atoms with Crippen LogP contribution in [0.4, 0.5) is 8.78 Å². The van der Waals surface area contributed by atoms with Gasteiger partial charge >= 0.3 is 0 Å². The smallest absolute Gasteiger partial charge is 0.270 e. The number of halogens is 3. The van der Waals surface area contributed by atoms with E-state index in [4.69, 9.17) is 22.1 Å². The molecule has 0 radical (unpaired) electrons. The highest BCUT2D eigenvalue weighted by Gasteiger charge is 2.33. The van der Waals surface area contributed by atoms with Crippen LogP contribution in [0.3, 0.4) is 0 Å². The maximum absolute atomic E-state index is 14.9. The number of benzene rings is 2. The van der Waals surface area contributed by atoms with Gasteiger partial charge in [-0.3, -0.25) is 9.59 Å². The summed E-state index contributed by atoms with van der Waals surface area (Å²) in [5.41, 5.74) is 5.56. The molecule has 178 valence electrons. The van der Waals surface area contributed by atoms with Crippen LogP contribution in [-0.2, 0) is 4.79 Å². The van der Waals surface area contributed by atoms with Gasteiger partial charge in [0.25, 0.3) is 11.8 Å². The third kappa shape index (κ3) is 5.03. The molecule has 34 heavy (non-hydrogen) atoms. The summed E-state index contributed by atoms with van der Waals surface area (Å²) in [5, 5.41) is 2.61. The number of carbonyl (C=O) groups is 2. The van der Waals surface area contributed by atoms with E-state index in [1.807, 2.05) is 7.05 Å². The highest BCUT2D eigenvalue weighted by Crippen LogP contribution is 2.33. The van der Waals surface area contributed by atoms with E-state index in [-0.39, 0.29) is 0 Å². The number of primary amides is 1. The van der Waals surface area contributed by atoms with Crippen LogP contribution in [0.2, 0.25) is 5.02 Å². The topological polar surface area (TPSA) is 88.8 Å². The summed E-state index contributed by atoms with van der Waals surface area (Å²) in [4.78, 5) is 33.2. The van der Waals surface area contributed by atoms with Gasteiger partial charge in [-0.05, 0) is 31.3 Å². The number of carbonyl (C=O) groups excluding carboxylic acids is 2. The minimum Gasteiger partial charge on any atom is -0.470 e. The summed E-state index contributed by atoms with van der Waals surface area (Å²) in [6, 6.07) is 8.92. The zero-order valence-electron chi connectivity index (χ0n) is 18.1. The molecule has 0 spiro atoms. The minimum absolute atomic E-state index is 0.290. The summed E-state index contributed by atoms with van der Waals surface area (Å²) in [7, 11) is 1.95. The van der Waals surface area contributed by atoms with Crippen molar-refractivity contribution < 1.29 is 23.1 Å². The lowest BCUT2D eigenvalue weighted by molar-refractivity contribution is -0.140. The summed E-state index contributed by atoms with van der Waals surface area (Å²) >= 11 is 7.13. The number of hydrogen-bond acceptors (Lipinski definition) is 6. The lowest BCUT2D eigenvalue weighted by Gasteiger charge is -2.34. The van der Waals surface area contributed by atoms with Crippen molar-refractivity contribution in [3.63, 3.8) is 0 Å². The summed E-state index contributed by atoms with van der Waals surface area (Å²) in [6.45, 7) is 2.26. The molecule has 1 aliphatic heterocycles. The SMILES string of the molecule is CN1CCN(C(=O)C(Oc2ccc(F)c(C(N)=O)c2F)c2nc(-c3ccc(Cl)cc3)cs2)CC1. The first-order chi connectivity index (χ1) is 16.2. The monoisotopic (exact) mass is 506 g/mol. The molecule has 4 rings (SSSR count). The molecule has 0 bridgehead atoms. The van der Waals surface area contributed by atoms with Crippen LogP contribution in [-0.4, -0.2) is 59.8 Å². The van der Waals surface area contributed by atoms with E-state index in [1.165, 1.54) is 11.3 Å². The van der Waals surface area contributed by atoms with Crippen molar-refractivity contribution in [1.29, 1.82) is 0 Å². The third-order valence-electron chi connectivity index (χ3n) is 5.47. The number of amides is 2. The molecule has 1 fully saturated rings. The van der Waals surface area contributed by atoms with E-state index in [0.717, 1.165) is 17.7 Å². The van der Waals surface area contributed by atoms with E-state index in [2.05, 4.69) is 9.88 Å². The van der Waals surface area contributed by atoms with Crippen LogP contribution < -0.4 is 10.5 Å². The van der Waals surface area contributed by atoms with Gasteiger partial charge in [-0.2, -0.15) is 0 Å². The van der Waals surface area contributed by atoms with Crippen molar-refractivity contribution in [2.75, 3.05) is 33.2 Å². The normalized spacial score (nSPS) is 15.2. The molecule has 1 atom stereocenters. The van der Waals surface area contributed by atoms with E-state index < -0.39 is 40.9 Å². The maximum Gasteiger partial charge on any atom is 0.270 e. The van der Waals surface area contributed by atoms with Crippen molar-refractivity contribution >= 4 is 34.8 Å². The average Bonchev–Trinajstić information content (AvgIpc) is 3.29. The molecule has 1 aromatic heterocycles. The van der Waals surface area contributed by atoms with Gasteiger partial charge in [0.05, 0.1) is 5.69 Å². The molecule has 7 nitrogen and oxygen atoms in total. The Morgan fingerprint density at radius 1 is 1.12 bits per heavy atom. The second-order valence-corrected chi connectivity index (χ2v) is 9.13. The Kier molecular flexibility index (Phi) is 7.11. The predicted molar refractivity (Wildman–Crippen MR) is 125 cm³/mol. The predicted octanol–water partition coefficient (Wildman–Crippen LogP) is 3.73. The third-order valence-corrected chi connectivity index (χ3v) is 6.61. The summed E-state index contributed by atoms with van der Waals surface area (Å²) in [5.74, 6) is -4.53. The fraction of sp³-hybridized carbons (Fsp3) is 0.261. The highest BCUT2D eigenvalue weighted by molar-refractivity contribution is 7.10. The number of piperazine rings is 1. The largest absolute Gasteiger partial charge is 0.470 e. The molecular weight excluding hydrogens is 486 g/mol. The van der Waals surface area contributed by atoms with E-state index in [9.17, 15) is 18.4 Å². The van der Waals surface area contributed by atoms with Gasteiger partial charge < -0.3 is 20.3 Å². The molecule has 2 aromatic carbocycles. The first-order valence-corrected chi connectivity index (χ1v) is 11.6. The molecule has 2 heterocycles. The molecule has 2 amide bonds. The highest BCUT2D eigenvalue weighted by atomic mass is 35.5. The molecule has 0 saturated carbocycles. The van der Waals surface area contributed by atoms with Crippen LogP contribution >= 0.6 is 22.9 Å². The van der Waals surface area contributed by atoms with Gasteiger partial charge in [0.2, 0.25) is 6.10 Å². The molecule has 1 aliphatic rings. The zero-order valence-corrected chi connectivity index (χ0v) is 19.7. The molecule has 1 saturated heterocycles. The number of rotatable bonds is 6. The second-order valence-electron chi connectivity index (χ2n) is 7.80.